The standard InChI is InChI=1S/C60H106O6/c1-4-7-10-13-16-19-22-25-27-29-30-31-33-35-38-41-44-47-50-53-59(62)65-56-57(55-64-58(61)52-49-46-43-40-37-34-24-21-18-15-12-9-6-3)66-60(63)54-51-48-45-42-39-36-32-28-26-23-20-17-14-11-8-5-2/h7,10,16,19,25,27,30-31,35,38,57H,4-6,8-9,11-15,17-18,20-24,26,28-29,32-34,36-37,39-56H2,1-3H3/b10-7-,19-16-,27-25-,31-30-,38-35-. The van der Waals surface area contributed by atoms with Gasteiger partial charge in [-0.1, -0.05) is 261 Å². The van der Waals surface area contributed by atoms with Gasteiger partial charge in [-0.3, -0.25) is 14.4 Å². The Balaban J connectivity index is 4.40. The van der Waals surface area contributed by atoms with Gasteiger partial charge >= 0.3 is 17.9 Å². The molecule has 1 unspecified atom stereocenters. The Labute approximate surface area is 409 Å². The number of rotatable bonds is 51. The van der Waals surface area contributed by atoms with Crippen molar-refractivity contribution >= 4 is 17.9 Å². The molecule has 0 bridgehead atoms. The molecule has 382 valence electrons. The van der Waals surface area contributed by atoms with Crippen LogP contribution < -0.4 is 0 Å². The highest BCUT2D eigenvalue weighted by atomic mass is 16.6. The third kappa shape index (κ3) is 52.1. The van der Waals surface area contributed by atoms with Crippen LogP contribution in [0.5, 0.6) is 0 Å². The minimum atomic E-state index is -0.784. The molecule has 6 heteroatoms. The summed E-state index contributed by atoms with van der Waals surface area (Å²) in [5.74, 6) is -0.901. The van der Waals surface area contributed by atoms with Crippen LogP contribution in [0.1, 0.15) is 284 Å². The van der Waals surface area contributed by atoms with Crippen molar-refractivity contribution in [3.05, 3.63) is 60.8 Å². The Kier molecular flexibility index (Phi) is 52.3. The fourth-order valence-electron chi connectivity index (χ4n) is 8.06. The quantitative estimate of drug-likeness (QED) is 0.0262. The number of carbonyl (C=O) groups is 3. The van der Waals surface area contributed by atoms with Gasteiger partial charge in [-0.25, -0.2) is 0 Å². The molecule has 0 radical (unpaired) electrons. The lowest BCUT2D eigenvalue weighted by Crippen LogP contribution is -2.30. The van der Waals surface area contributed by atoms with Gasteiger partial charge in [-0.2, -0.15) is 0 Å². The van der Waals surface area contributed by atoms with Crippen LogP contribution in [0.15, 0.2) is 60.8 Å². The van der Waals surface area contributed by atoms with E-state index in [1.165, 1.54) is 148 Å². The van der Waals surface area contributed by atoms with Gasteiger partial charge in [0.25, 0.3) is 0 Å². The fourth-order valence-corrected chi connectivity index (χ4v) is 8.06. The van der Waals surface area contributed by atoms with Crippen molar-refractivity contribution in [1.82, 2.24) is 0 Å². The second-order valence-corrected chi connectivity index (χ2v) is 18.8. The first kappa shape index (κ1) is 63.1. The van der Waals surface area contributed by atoms with Gasteiger partial charge in [-0.15, -0.1) is 0 Å². The molecular formula is C60H106O6. The molecule has 0 saturated carbocycles. The first-order chi connectivity index (χ1) is 32.5. The van der Waals surface area contributed by atoms with Crippen molar-refractivity contribution in [3.8, 4) is 0 Å². The van der Waals surface area contributed by atoms with Crippen LogP contribution in [-0.4, -0.2) is 37.2 Å². The van der Waals surface area contributed by atoms with Gasteiger partial charge in [0.15, 0.2) is 6.10 Å². The number of unbranched alkanes of at least 4 members (excludes halogenated alkanes) is 30. The Bertz CT molecular complexity index is 1200. The number of esters is 3. The minimum absolute atomic E-state index is 0.0808. The normalized spacial score (nSPS) is 12.5. The Morgan fingerprint density at radius 1 is 0.318 bits per heavy atom. The van der Waals surface area contributed by atoms with Gasteiger partial charge in [0.1, 0.15) is 13.2 Å². The Morgan fingerprint density at radius 2 is 0.591 bits per heavy atom. The number of hydrogen-bond donors (Lipinski definition) is 0. The summed E-state index contributed by atoms with van der Waals surface area (Å²) < 4.78 is 16.8. The van der Waals surface area contributed by atoms with Crippen LogP contribution in [0, 0.1) is 0 Å². The summed E-state index contributed by atoms with van der Waals surface area (Å²) in [5, 5.41) is 0. The lowest BCUT2D eigenvalue weighted by molar-refractivity contribution is -0.167. The van der Waals surface area contributed by atoms with E-state index in [2.05, 4.69) is 81.5 Å². The van der Waals surface area contributed by atoms with E-state index in [9.17, 15) is 14.4 Å². The van der Waals surface area contributed by atoms with Gasteiger partial charge in [0.2, 0.25) is 0 Å². The third-order valence-electron chi connectivity index (χ3n) is 12.3. The molecule has 1 atom stereocenters. The summed E-state index contributed by atoms with van der Waals surface area (Å²) in [6.45, 7) is 6.53. The van der Waals surface area contributed by atoms with E-state index < -0.39 is 6.10 Å². The maximum Gasteiger partial charge on any atom is 0.306 e. The zero-order valence-corrected chi connectivity index (χ0v) is 43.7. The van der Waals surface area contributed by atoms with Crippen LogP contribution >= 0.6 is 0 Å². The number of hydrogen-bond acceptors (Lipinski definition) is 6. The summed E-state index contributed by atoms with van der Waals surface area (Å²) in [7, 11) is 0. The van der Waals surface area contributed by atoms with E-state index in [1.807, 2.05) is 0 Å². The predicted molar refractivity (Wildman–Crippen MR) is 284 cm³/mol. The van der Waals surface area contributed by atoms with Crippen LogP contribution in [-0.2, 0) is 28.6 Å². The summed E-state index contributed by atoms with van der Waals surface area (Å²) in [5.41, 5.74) is 0. The summed E-state index contributed by atoms with van der Waals surface area (Å²) in [6.07, 6.45) is 67.8. The predicted octanol–water partition coefficient (Wildman–Crippen LogP) is 18.8. The molecular weight excluding hydrogens is 817 g/mol. The van der Waals surface area contributed by atoms with Gasteiger partial charge in [0.05, 0.1) is 0 Å². The molecule has 0 aliphatic rings. The molecule has 0 aromatic rings. The lowest BCUT2D eigenvalue weighted by atomic mass is 10.0. The molecule has 0 rings (SSSR count). The largest absolute Gasteiger partial charge is 0.462 e. The van der Waals surface area contributed by atoms with E-state index in [1.54, 1.807) is 0 Å². The molecule has 0 saturated heterocycles. The molecule has 0 aliphatic carbocycles. The van der Waals surface area contributed by atoms with Crippen molar-refractivity contribution in [1.29, 1.82) is 0 Å². The maximum absolute atomic E-state index is 12.8. The van der Waals surface area contributed by atoms with E-state index in [-0.39, 0.29) is 31.1 Å². The molecule has 0 spiro atoms. The Morgan fingerprint density at radius 3 is 0.924 bits per heavy atom. The zero-order valence-electron chi connectivity index (χ0n) is 43.7. The van der Waals surface area contributed by atoms with E-state index in [0.717, 1.165) is 96.3 Å². The van der Waals surface area contributed by atoms with E-state index in [0.29, 0.717) is 19.3 Å². The van der Waals surface area contributed by atoms with Gasteiger partial charge < -0.3 is 14.2 Å². The SMILES string of the molecule is CC/C=C\C/C=C\C/C=C\C/C=C\C/C=C\CCCCCC(=O)OCC(COC(=O)CCCCCCCCCCCCCCC)OC(=O)CCCCCCCCCCCCCCCCCC. The molecule has 66 heavy (non-hydrogen) atoms. The highest BCUT2D eigenvalue weighted by molar-refractivity contribution is 5.71. The summed E-state index contributed by atoms with van der Waals surface area (Å²) >= 11 is 0. The van der Waals surface area contributed by atoms with Crippen molar-refractivity contribution in [2.75, 3.05) is 13.2 Å². The molecule has 0 aliphatic heterocycles. The second-order valence-electron chi connectivity index (χ2n) is 18.8. The Hall–Kier alpha value is -2.89. The van der Waals surface area contributed by atoms with Crippen LogP contribution in [0.2, 0.25) is 0 Å². The average Bonchev–Trinajstić information content (AvgIpc) is 3.31. The number of carbonyl (C=O) groups excluding carboxylic acids is 3. The monoisotopic (exact) mass is 923 g/mol. The lowest BCUT2D eigenvalue weighted by Gasteiger charge is -2.18. The van der Waals surface area contributed by atoms with Crippen molar-refractivity contribution in [2.45, 2.75) is 290 Å². The molecule has 6 nitrogen and oxygen atoms in total. The second kappa shape index (κ2) is 54.7. The molecule has 0 aromatic carbocycles. The zero-order chi connectivity index (χ0) is 47.9. The van der Waals surface area contributed by atoms with Crippen molar-refractivity contribution in [2.24, 2.45) is 0 Å². The summed E-state index contributed by atoms with van der Waals surface area (Å²) in [4.78, 5) is 38.1. The first-order valence-electron chi connectivity index (χ1n) is 28.3. The van der Waals surface area contributed by atoms with E-state index >= 15 is 0 Å². The van der Waals surface area contributed by atoms with Crippen molar-refractivity contribution < 1.29 is 28.6 Å². The highest BCUT2D eigenvalue weighted by Crippen LogP contribution is 2.16. The average molecular weight is 924 g/mol. The summed E-state index contributed by atoms with van der Waals surface area (Å²) in [6, 6.07) is 0. The number of ether oxygens (including phenoxy) is 3. The topological polar surface area (TPSA) is 78.9 Å². The molecule has 0 amide bonds. The molecule has 0 heterocycles. The highest BCUT2D eigenvalue weighted by Gasteiger charge is 2.19. The van der Waals surface area contributed by atoms with Crippen LogP contribution in [0.4, 0.5) is 0 Å². The van der Waals surface area contributed by atoms with Gasteiger partial charge in [-0.05, 0) is 64.2 Å². The first-order valence-corrected chi connectivity index (χ1v) is 28.3. The van der Waals surface area contributed by atoms with Crippen LogP contribution in [0.25, 0.3) is 0 Å². The van der Waals surface area contributed by atoms with Gasteiger partial charge in [0, 0.05) is 19.3 Å². The molecule has 0 aromatic heterocycles. The molecule has 0 fully saturated rings. The van der Waals surface area contributed by atoms with Crippen LogP contribution in [0.3, 0.4) is 0 Å². The minimum Gasteiger partial charge on any atom is -0.462 e. The van der Waals surface area contributed by atoms with E-state index in [4.69, 9.17) is 14.2 Å². The maximum atomic E-state index is 12.8. The molecule has 0 N–H and O–H groups in total. The smallest absolute Gasteiger partial charge is 0.306 e. The third-order valence-corrected chi connectivity index (χ3v) is 12.3. The fraction of sp³-hybridized carbons (Fsp3) is 0.783. The van der Waals surface area contributed by atoms with Crippen molar-refractivity contribution in [3.63, 3.8) is 0 Å². The number of allylic oxidation sites excluding steroid dienone is 10.